The maximum Gasteiger partial charge on any atom is 0.303 e. The molecule has 0 bridgehead atoms. The van der Waals surface area contributed by atoms with E-state index in [1.54, 1.807) is 0 Å². The van der Waals surface area contributed by atoms with Gasteiger partial charge in [0.15, 0.2) is 0 Å². The zero-order chi connectivity index (χ0) is 16.1. The maximum atomic E-state index is 10.4. The van der Waals surface area contributed by atoms with Crippen molar-refractivity contribution >= 4 is 5.97 Å². The lowest BCUT2D eigenvalue weighted by Gasteiger charge is -2.02. The molecule has 0 aliphatic heterocycles. The fraction of sp³-hybridized carbons (Fsp3) is 0.611. The van der Waals surface area contributed by atoms with Gasteiger partial charge in [0.1, 0.15) is 0 Å². The van der Waals surface area contributed by atoms with Crippen molar-refractivity contribution in [2.45, 2.75) is 65.7 Å². The van der Waals surface area contributed by atoms with Gasteiger partial charge in [-0.1, -0.05) is 34.9 Å². The number of aliphatic hydroxyl groups excluding tert-OH is 1. The topological polar surface area (TPSA) is 57.5 Å². The van der Waals surface area contributed by atoms with Crippen LogP contribution in [0.5, 0.6) is 0 Å². The normalized spacial score (nSPS) is 13.6. The molecule has 0 spiro atoms. The van der Waals surface area contributed by atoms with Crippen LogP contribution < -0.4 is 0 Å². The molecule has 2 N–H and O–H groups in total. The van der Waals surface area contributed by atoms with Crippen molar-refractivity contribution in [2.24, 2.45) is 0 Å². The first-order valence-corrected chi connectivity index (χ1v) is 7.75. The van der Waals surface area contributed by atoms with Gasteiger partial charge in [-0.2, -0.15) is 0 Å². The summed E-state index contributed by atoms with van der Waals surface area (Å²) in [5.74, 6) is -0.716. The zero-order valence-corrected chi connectivity index (χ0v) is 13.7. The van der Waals surface area contributed by atoms with Crippen LogP contribution in [0.15, 0.2) is 34.9 Å². The molecule has 0 aliphatic rings. The van der Waals surface area contributed by atoms with E-state index in [9.17, 15) is 4.79 Å². The molecule has 0 aromatic carbocycles. The fourth-order valence-electron chi connectivity index (χ4n) is 2.07. The minimum Gasteiger partial charge on any atom is -0.481 e. The summed E-state index contributed by atoms with van der Waals surface area (Å²) in [4.78, 5) is 10.4. The van der Waals surface area contributed by atoms with Crippen molar-refractivity contribution in [2.75, 3.05) is 6.61 Å². The highest BCUT2D eigenvalue weighted by atomic mass is 16.4. The molecule has 0 fully saturated rings. The van der Waals surface area contributed by atoms with Gasteiger partial charge in [0, 0.05) is 6.42 Å². The maximum absolute atomic E-state index is 10.4. The van der Waals surface area contributed by atoms with E-state index >= 15 is 0 Å². The van der Waals surface area contributed by atoms with Gasteiger partial charge in [-0.15, -0.1) is 0 Å². The van der Waals surface area contributed by atoms with E-state index in [-0.39, 0.29) is 13.0 Å². The molecule has 0 aromatic rings. The predicted octanol–water partition coefficient (Wildman–Crippen LogP) is 4.63. The number of hydrogen-bond acceptors (Lipinski definition) is 2. The summed E-state index contributed by atoms with van der Waals surface area (Å²) in [7, 11) is 0. The Hall–Kier alpha value is -1.35. The van der Waals surface area contributed by atoms with Crippen molar-refractivity contribution in [1.82, 2.24) is 0 Å². The molecule has 3 heteroatoms. The Morgan fingerprint density at radius 2 is 1.29 bits per heavy atom. The van der Waals surface area contributed by atoms with Crippen LogP contribution in [0.3, 0.4) is 0 Å². The van der Waals surface area contributed by atoms with Gasteiger partial charge in [0.05, 0.1) is 6.61 Å². The Balaban J connectivity index is 3.88. The van der Waals surface area contributed by atoms with Crippen LogP contribution in [0.25, 0.3) is 0 Å². The van der Waals surface area contributed by atoms with Crippen molar-refractivity contribution in [3.63, 3.8) is 0 Å². The van der Waals surface area contributed by atoms with Crippen LogP contribution in [0.1, 0.15) is 65.7 Å². The number of carbonyl (C=O) groups is 1. The Labute approximate surface area is 129 Å². The van der Waals surface area contributed by atoms with Crippen LogP contribution in [0.2, 0.25) is 0 Å². The molecule has 120 valence electrons. The largest absolute Gasteiger partial charge is 0.481 e. The summed E-state index contributed by atoms with van der Waals surface area (Å²) < 4.78 is 0. The average molecular weight is 294 g/mol. The number of rotatable bonds is 11. The third-order valence-corrected chi connectivity index (χ3v) is 3.46. The molecule has 0 saturated heterocycles. The summed E-state index contributed by atoms with van der Waals surface area (Å²) in [6.45, 7) is 6.39. The lowest BCUT2D eigenvalue weighted by molar-refractivity contribution is -0.137. The highest BCUT2D eigenvalue weighted by Gasteiger charge is 1.97. The summed E-state index contributed by atoms with van der Waals surface area (Å²) in [5, 5.41) is 17.4. The molecule has 0 saturated carbocycles. The summed E-state index contributed by atoms with van der Waals surface area (Å²) in [6, 6.07) is 0. The molecule has 0 aliphatic carbocycles. The minimum atomic E-state index is -0.716. The average Bonchev–Trinajstić information content (AvgIpc) is 2.38. The highest BCUT2D eigenvalue weighted by molar-refractivity contribution is 5.66. The van der Waals surface area contributed by atoms with E-state index in [2.05, 4.69) is 26.0 Å². The first-order valence-electron chi connectivity index (χ1n) is 7.75. The van der Waals surface area contributed by atoms with E-state index in [0.717, 1.165) is 38.5 Å². The van der Waals surface area contributed by atoms with Crippen LogP contribution >= 0.6 is 0 Å². The van der Waals surface area contributed by atoms with Gasteiger partial charge in [-0.05, 0) is 59.3 Å². The molecule has 0 unspecified atom stereocenters. The smallest absolute Gasteiger partial charge is 0.303 e. The van der Waals surface area contributed by atoms with Crippen LogP contribution in [-0.2, 0) is 4.79 Å². The molecule has 21 heavy (non-hydrogen) atoms. The van der Waals surface area contributed by atoms with Crippen LogP contribution in [0, 0.1) is 0 Å². The lowest BCUT2D eigenvalue weighted by Crippen LogP contribution is -1.93. The molecule has 0 aromatic heterocycles. The molecular weight excluding hydrogens is 264 g/mol. The number of allylic oxidation sites excluding steroid dienone is 5. The first-order chi connectivity index (χ1) is 9.95. The van der Waals surface area contributed by atoms with E-state index in [0.29, 0.717) is 0 Å². The molecule has 0 heterocycles. The summed E-state index contributed by atoms with van der Waals surface area (Å²) >= 11 is 0. The summed E-state index contributed by atoms with van der Waals surface area (Å²) in [6.07, 6.45) is 12.3. The molecule has 0 amide bonds. The highest BCUT2D eigenvalue weighted by Crippen LogP contribution is 2.13. The van der Waals surface area contributed by atoms with Crippen molar-refractivity contribution < 1.29 is 15.0 Å². The molecule has 0 rings (SSSR count). The number of carboxylic acids is 1. The van der Waals surface area contributed by atoms with Crippen LogP contribution in [0.4, 0.5) is 0 Å². The van der Waals surface area contributed by atoms with Gasteiger partial charge in [-0.3, -0.25) is 4.79 Å². The summed E-state index contributed by atoms with van der Waals surface area (Å²) in [5.41, 5.74) is 3.91. The standard InChI is InChI=1S/C18H30O3/c1-15(9-5-10-17(3)13-14-19)7-4-8-16(2)11-6-12-18(20)21/h8-9,13,19H,4-7,10-12,14H2,1-3H3,(H,20,21)/b15-9+,16-8+,17-13+. The Morgan fingerprint density at radius 1 is 0.810 bits per heavy atom. The van der Waals surface area contributed by atoms with Crippen molar-refractivity contribution in [3.8, 4) is 0 Å². The van der Waals surface area contributed by atoms with Gasteiger partial charge in [0.2, 0.25) is 0 Å². The van der Waals surface area contributed by atoms with E-state index in [1.165, 1.54) is 16.7 Å². The number of aliphatic carboxylic acids is 1. The number of hydrogen-bond donors (Lipinski definition) is 2. The lowest BCUT2D eigenvalue weighted by atomic mass is 10.0. The predicted molar refractivity (Wildman–Crippen MR) is 88.3 cm³/mol. The van der Waals surface area contributed by atoms with E-state index in [4.69, 9.17) is 10.2 Å². The number of aliphatic hydroxyl groups is 1. The fourth-order valence-corrected chi connectivity index (χ4v) is 2.07. The first kappa shape index (κ1) is 19.7. The van der Waals surface area contributed by atoms with Crippen LogP contribution in [-0.4, -0.2) is 22.8 Å². The monoisotopic (exact) mass is 294 g/mol. The Morgan fingerprint density at radius 3 is 1.76 bits per heavy atom. The minimum absolute atomic E-state index is 0.125. The van der Waals surface area contributed by atoms with Crippen molar-refractivity contribution in [3.05, 3.63) is 34.9 Å². The zero-order valence-electron chi connectivity index (χ0n) is 13.7. The quantitative estimate of drug-likeness (QED) is 0.546. The SMILES string of the molecule is C/C(=C\CO)CC/C=C(\C)CC/C=C(\C)CCCC(=O)O. The Kier molecular flexibility index (Phi) is 11.6. The second-order valence-electron chi connectivity index (χ2n) is 5.66. The second-order valence-corrected chi connectivity index (χ2v) is 5.66. The van der Waals surface area contributed by atoms with Gasteiger partial charge in [-0.25, -0.2) is 0 Å². The Bertz CT molecular complexity index is 389. The molecule has 3 nitrogen and oxygen atoms in total. The number of carboxylic acid groups (broad SMARTS) is 1. The van der Waals surface area contributed by atoms with Crippen molar-refractivity contribution in [1.29, 1.82) is 0 Å². The third kappa shape index (κ3) is 13.4. The van der Waals surface area contributed by atoms with E-state index < -0.39 is 5.97 Å². The third-order valence-electron chi connectivity index (χ3n) is 3.46. The second kappa shape index (κ2) is 12.4. The van der Waals surface area contributed by atoms with E-state index in [1.807, 2.05) is 13.0 Å². The van der Waals surface area contributed by atoms with Gasteiger partial charge < -0.3 is 10.2 Å². The van der Waals surface area contributed by atoms with Gasteiger partial charge in [0.25, 0.3) is 0 Å². The molecule has 0 radical (unpaired) electrons. The van der Waals surface area contributed by atoms with Gasteiger partial charge >= 0.3 is 5.97 Å². The molecular formula is C18H30O3. The molecule has 0 atom stereocenters.